The molecule has 0 aromatic heterocycles. The molecule has 1 N–H and O–H groups in total. The molecule has 0 bridgehead atoms. The van der Waals surface area contributed by atoms with Crippen molar-refractivity contribution < 1.29 is 0 Å². The summed E-state index contributed by atoms with van der Waals surface area (Å²) in [4.78, 5) is 2.61. The maximum atomic E-state index is 3.61. The van der Waals surface area contributed by atoms with Gasteiger partial charge in [0.25, 0.3) is 0 Å². The summed E-state index contributed by atoms with van der Waals surface area (Å²) in [6.07, 6.45) is 0. The van der Waals surface area contributed by atoms with Crippen molar-refractivity contribution in [1.82, 2.24) is 5.32 Å². The number of anilines is 1. The molecule has 2 heteroatoms. The fourth-order valence-electron chi connectivity index (χ4n) is 2.85. The second kappa shape index (κ2) is 5.31. The van der Waals surface area contributed by atoms with Crippen molar-refractivity contribution in [3.8, 4) is 0 Å². The van der Waals surface area contributed by atoms with E-state index in [0.29, 0.717) is 18.0 Å². The fourth-order valence-corrected chi connectivity index (χ4v) is 2.85. The molecule has 2 unspecified atom stereocenters. The molecule has 0 spiro atoms. The third kappa shape index (κ3) is 2.54. The van der Waals surface area contributed by atoms with Crippen LogP contribution in [-0.4, -0.2) is 25.2 Å². The molecule has 0 saturated carbocycles. The quantitative estimate of drug-likeness (QED) is 0.862. The van der Waals surface area contributed by atoms with Crippen LogP contribution in [0, 0.1) is 19.8 Å². The van der Waals surface area contributed by atoms with E-state index in [1.165, 1.54) is 16.8 Å². The minimum Gasteiger partial charge on any atom is -0.365 e. The van der Waals surface area contributed by atoms with Crippen molar-refractivity contribution in [3.63, 3.8) is 0 Å². The maximum Gasteiger partial charge on any atom is 0.0438 e. The van der Waals surface area contributed by atoms with Gasteiger partial charge in [0, 0.05) is 30.9 Å². The normalized spacial score (nSPS) is 24.7. The monoisotopic (exact) mass is 246 g/mol. The molecule has 2 nitrogen and oxygen atoms in total. The molecule has 1 aliphatic rings. The van der Waals surface area contributed by atoms with Crippen LogP contribution in [0.5, 0.6) is 0 Å². The average molecular weight is 246 g/mol. The van der Waals surface area contributed by atoms with Gasteiger partial charge in [-0.3, -0.25) is 0 Å². The van der Waals surface area contributed by atoms with Crippen molar-refractivity contribution >= 4 is 5.69 Å². The molecule has 2 rings (SSSR count). The lowest BCUT2D eigenvalue weighted by molar-refractivity contribution is 0.349. The molecule has 2 atom stereocenters. The molecule has 1 saturated heterocycles. The minimum atomic E-state index is 0.569. The van der Waals surface area contributed by atoms with Crippen LogP contribution >= 0.6 is 0 Å². The Labute approximate surface area is 111 Å². The largest absolute Gasteiger partial charge is 0.365 e. The number of nitrogens with zero attached hydrogens (tertiary/aromatic N) is 1. The van der Waals surface area contributed by atoms with E-state index < -0.39 is 0 Å². The molecular weight excluding hydrogens is 220 g/mol. The molecule has 0 amide bonds. The first-order valence-corrected chi connectivity index (χ1v) is 7.07. The SMILES string of the molecule is Cc1cccc(N2CC(C)NCC2C(C)C)c1C. The van der Waals surface area contributed by atoms with Gasteiger partial charge in [-0.05, 0) is 43.9 Å². The zero-order valence-corrected chi connectivity index (χ0v) is 12.3. The zero-order chi connectivity index (χ0) is 13.3. The van der Waals surface area contributed by atoms with Crippen LogP contribution < -0.4 is 10.2 Å². The van der Waals surface area contributed by atoms with E-state index in [1.54, 1.807) is 0 Å². The molecule has 1 fully saturated rings. The van der Waals surface area contributed by atoms with Crippen molar-refractivity contribution in [2.24, 2.45) is 5.92 Å². The predicted molar refractivity (Wildman–Crippen MR) is 79.4 cm³/mol. The van der Waals surface area contributed by atoms with Crippen molar-refractivity contribution in [1.29, 1.82) is 0 Å². The van der Waals surface area contributed by atoms with E-state index in [-0.39, 0.29) is 0 Å². The van der Waals surface area contributed by atoms with E-state index in [0.717, 1.165) is 13.1 Å². The lowest BCUT2D eigenvalue weighted by atomic mass is 9.96. The molecule has 1 aliphatic heterocycles. The molecular formula is C16H26N2. The lowest BCUT2D eigenvalue weighted by Crippen LogP contribution is -2.57. The van der Waals surface area contributed by atoms with Gasteiger partial charge in [0.15, 0.2) is 0 Å². The standard InChI is InChI=1S/C16H26N2/c1-11(2)16-9-17-13(4)10-18(16)15-8-6-7-12(3)14(15)5/h6-8,11,13,16-17H,9-10H2,1-5H3. The van der Waals surface area contributed by atoms with Crippen LogP contribution in [0.3, 0.4) is 0 Å². The summed E-state index contributed by atoms with van der Waals surface area (Å²) < 4.78 is 0. The Hall–Kier alpha value is -1.02. The van der Waals surface area contributed by atoms with Crippen LogP contribution in [0.25, 0.3) is 0 Å². The van der Waals surface area contributed by atoms with Crippen molar-refractivity contribution in [3.05, 3.63) is 29.3 Å². The Morgan fingerprint density at radius 1 is 1.28 bits per heavy atom. The predicted octanol–water partition coefficient (Wildman–Crippen LogP) is 3.13. The maximum absolute atomic E-state index is 3.61. The highest BCUT2D eigenvalue weighted by Gasteiger charge is 2.29. The van der Waals surface area contributed by atoms with Crippen LogP contribution in [-0.2, 0) is 0 Å². The first-order valence-electron chi connectivity index (χ1n) is 7.07. The molecule has 1 aromatic rings. The summed E-state index contributed by atoms with van der Waals surface area (Å²) in [5.41, 5.74) is 4.24. The van der Waals surface area contributed by atoms with Gasteiger partial charge in [-0.25, -0.2) is 0 Å². The van der Waals surface area contributed by atoms with Gasteiger partial charge in [0.05, 0.1) is 0 Å². The van der Waals surface area contributed by atoms with Crippen LogP contribution in [0.4, 0.5) is 5.69 Å². The topological polar surface area (TPSA) is 15.3 Å². The van der Waals surface area contributed by atoms with Crippen LogP contribution in [0.2, 0.25) is 0 Å². The smallest absolute Gasteiger partial charge is 0.0438 e. The first kappa shape index (κ1) is 13.4. The number of hydrogen-bond acceptors (Lipinski definition) is 2. The number of hydrogen-bond donors (Lipinski definition) is 1. The van der Waals surface area contributed by atoms with E-state index in [4.69, 9.17) is 0 Å². The minimum absolute atomic E-state index is 0.569. The second-order valence-corrected chi connectivity index (χ2v) is 5.99. The number of piperazine rings is 1. The van der Waals surface area contributed by atoms with Gasteiger partial charge >= 0.3 is 0 Å². The van der Waals surface area contributed by atoms with Crippen molar-refractivity contribution in [2.75, 3.05) is 18.0 Å². The molecule has 1 heterocycles. The molecule has 0 aliphatic carbocycles. The third-order valence-electron chi connectivity index (χ3n) is 4.20. The Balaban J connectivity index is 2.35. The molecule has 100 valence electrons. The summed E-state index contributed by atoms with van der Waals surface area (Å²) in [6, 6.07) is 7.83. The molecule has 1 aromatic carbocycles. The second-order valence-electron chi connectivity index (χ2n) is 5.99. The highest BCUT2D eigenvalue weighted by atomic mass is 15.2. The highest BCUT2D eigenvalue weighted by molar-refractivity contribution is 5.57. The summed E-state index contributed by atoms with van der Waals surface area (Å²) in [5.74, 6) is 0.671. The first-order chi connectivity index (χ1) is 8.50. The van der Waals surface area contributed by atoms with Crippen LogP contribution in [0.15, 0.2) is 18.2 Å². The van der Waals surface area contributed by atoms with Gasteiger partial charge in [0.1, 0.15) is 0 Å². The van der Waals surface area contributed by atoms with Gasteiger partial charge in [-0.15, -0.1) is 0 Å². The van der Waals surface area contributed by atoms with E-state index >= 15 is 0 Å². The van der Waals surface area contributed by atoms with E-state index in [1.807, 2.05) is 0 Å². The molecule has 18 heavy (non-hydrogen) atoms. The number of rotatable bonds is 2. The number of benzene rings is 1. The Bertz CT molecular complexity index is 412. The summed E-state index contributed by atoms with van der Waals surface area (Å²) in [5, 5.41) is 3.61. The zero-order valence-electron chi connectivity index (χ0n) is 12.3. The Morgan fingerprint density at radius 2 is 2.00 bits per heavy atom. The summed E-state index contributed by atoms with van der Waals surface area (Å²) in [7, 11) is 0. The Morgan fingerprint density at radius 3 is 2.67 bits per heavy atom. The van der Waals surface area contributed by atoms with Gasteiger partial charge in [0.2, 0.25) is 0 Å². The summed E-state index contributed by atoms with van der Waals surface area (Å²) >= 11 is 0. The van der Waals surface area contributed by atoms with Crippen molar-refractivity contribution in [2.45, 2.75) is 46.7 Å². The summed E-state index contributed by atoms with van der Waals surface area (Å²) in [6.45, 7) is 13.6. The Kier molecular flexibility index (Phi) is 3.96. The fraction of sp³-hybridized carbons (Fsp3) is 0.625. The van der Waals surface area contributed by atoms with Crippen LogP contribution in [0.1, 0.15) is 31.9 Å². The molecule has 0 radical (unpaired) electrons. The van der Waals surface area contributed by atoms with Gasteiger partial charge in [-0.2, -0.15) is 0 Å². The van der Waals surface area contributed by atoms with E-state index in [9.17, 15) is 0 Å². The van der Waals surface area contributed by atoms with E-state index in [2.05, 4.69) is 63.0 Å². The third-order valence-corrected chi connectivity index (χ3v) is 4.20. The lowest BCUT2D eigenvalue weighted by Gasteiger charge is -2.43. The highest BCUT2D eigenvalue weighted by Crippen LogP contribution is 2.28. The van der Waals surface area contributed by atoms with Gasteiger partial charge < -0.3 is 10.2 Å². The number of aryl methyl sites for hydroxylation is 1. The number of nitrogens with one attached hydrogen (secondary N) is 1. The van der Waals surface area contributed by atoms with Gasteiger partial charge in [-0.1, -0.05) is 26.0 Å². The average Bonchev–Trinajstić information content (AvgIpc) is 2.32.